The molecule has 0 bridgehead atoms. The normalized spacial score (nSPS) is 17.8. The van der Waals surface area contributed by atoms with E-state index in [0.717, 1.165) is 24.1 Å². The van der Waals surface area contributed by atoms with Gasteiger partial charge in [0.15, 0.2) is 0 Å². The first-order chi connectivity index (χ1) is 14.5. The fraction of sp³-hybridized carbons (Fsp3) is 0.500. The van der Waals surface area contributed by atoms with Gasteiger partial charge in [0.25, 0.3) is 0 Å². The predicted molar refractivity (Wildman–Crippen MR) is 119 cm³/mol. The van der Waals surface area contributed by atoms with Crippen molar-refractivity contribution >= 4 is 23.2 Å². The van der Waals surface area contributed by atoms with Gasteiger partial charge in [0.1, 0.15) is 4.88 Å². The standard InChI is InChI=1S/C24H29NO4S/c1-4-5-6-7-9-18(2)21(26)14-11-19-12-16-23(27)25(19)17-8-10-20-13-15-22(30-20)24(28)29-3/h11,13-15,18-19,21,26H,4-5,9,12,16-17H2,1-3H3/t18-,19-,21+/m0/s1. The Kier molecular flexibility index (Phi) is 9.67. The number of amides is 1. The van der Waals surface area contributed by atoms with Crippen molar-refractivity contribution in [2.45, 2.75) is 58.1 Å². The SMILES string of the molecule is CCCC#CC[C@H](C)[C@H](O)C=C[C@H]1CCC(=O)N1CC#Cc1ccc(C(=O)OC)s1. The first-order valence-electron chi connectivity index (χ1n) is 10.2. The third kappa shape index (κ3) is 7.06. The quantitative estimate of drug-likeness (QED) is 0.410. The number of aliphatic hydroxyl groups excluding tert-OH is 1. The van der Waals surface area contributed by atoms with Crippen LogP contribution in [0.1, 0.15) is 60.5 Å². The zero-order valence-electron chi connectivity index (χ0n) is 17.8. The summed E-state index contributed by atoms with van der Waals surface area (Å²) in [5.41, 5.74) is 0. The Hall–Kier alpha value is -2.54. The van der Waals surface area contributed by atoms with Gasteiger partial charge in [0.2, 0.25) is 5.91 Å². The van der Waals surface area contributed by atoms with Crippen LogP contribution in [0.5, 0.6) is 0 Å². The van der Waals surface area contributed by atoms with Gasteiger partial charge < -0.3 is 14.7 Å². The lowest BCUT2D eigenvalue weighted by atomic mass is 10.00. The molecule has 1 N–H and O–H groups in total. The number of rotatable bonds is 7. The summed E-state index contributed by atoms with van der Waals surface area (Å²) >= 11 is 1.27. The monoisotopic (exact) mass is 427 g/mol. The maximum atomic E-state index is 12.2. The zero-order valence-corrected chi connectivity index (χ0v) is 18.6. The summed E-state index contributed by atoms with van der Waals surface area (Å²) in [6, 6.07) is 3.39. The Labute approximate surface area is 183 Å². The fourth-order valence-corrected chi connectivity index (χ4v) is 3.79. The van der Waals surface area contributed by atoms with E-state index < -0.39 is 6.10 Å². The van der Waals surface area contributed by atoms with Gasteiger partial charge in [-0.3, -0.25) is 4.79 Å². The maximum absolute atomic E-state index is 12.2. The van der Waals surface area contributed by atoms with Crippen molar-refractivity contribution in [2.75, 3.05) is 13.7 Å². The second-order valence-corrected chi connectivity index (χ2v) is 8.33. The van der Waals surface area contributed by atoms with Crippen LogP contribution in [0.25, 0.3) is 0 Å². The Morgan fingerprint density at radius 1 is 1.40 bits per heavy atom. The minimum atomic E-state index is -0.590. The molecule has 0 unspecified atom stereocenters. The second-order valence-electron chi connectivity index (χ2n) is 7.25. The highest BCUT2D eigenvalue weighted by Gasteiger charge is 2.28. The number of carbonyl (C=O) groups excluding carboxylic acids is 2. The van der Waals surface area contributed by atoms with Gasteiger partial charge >= 0.3 is 5.97 Å². The van der Waals surface area contributed by atoms with Crippen molar-refractivity contribution in [3.05, 3.63) is 34.0 Å². The number of nitrogens with zero attached hydrogens (tertiary/aromatic N) is 1. The number of aliphatic hydroxyl groups is 1. The molecule has 30 heavy (non-hydrogen) atoms. The first-order valence-corrected chi connectivity index (χ1v) is 11.1. The van der Waals surface area contributed by atoms with Crippen molar-refractivity contribution in [1.82, 2.24) is 4.90 Å². The summed E-state index contributed by atoms with van der Waals surface area (Å²) in [6.07, 6.45) is 6.87. The van der Waals surface area contributed by atoms with Gasteiger partial charge in [-0.25, -0.2) is 4.79 Å². The van der Waals surface area contributed by atoms with Crippen LogP contribution in [-0.2, 0) is 9.53 Å². The molecule has 6 heteroatoms. The lowest BCUT2D eigenvalue weighted by Gasteiger charge is -2.20. The van der Waals surface area contributed by atoms with E-state index in [1.165, 1.54) is 18.4 Å². The van der Waals surface area contributed by atoms with Crippen LogP contribution in [0.2, 0.25) is 0 Å². The number of carbonyl (C=O) groups is 2. The number of hydrogen-bond donors (Lipinski definition) is 1. The molecule has 0 spiro atoms. The molecule has 1 amide bonds. The van der Waals surface area contributed by atoms with Gasteiger partial charge in [0, 0.05) is 19.3 Å². The van der Waals surface area contributed by atoms with Gasteiger partial charge in [-0.2, -0.15) is 0 Å². The summed E-state index contributed by atoms with van der Waals surface area (Å²) in [5, 5.41) is 10.4. The van der Waals surface area contributed by atoms with E-state index in [9.17, 15) is 14.7 Å². The number of ether oxygens (including phenoxy) is 1. The van der Waals surface area contributed by atoms with E-state index in [2.05, 4.69) is 30.6 Å². The lowest BCUT2D eigenvalue weighted by molar-refractivity contribution is -0.127. The van der Waals surface area contributed by atoms with Crippen molar-refractivity contribution in [1.29, 1.82) is 0 Å². The van der Waals surface area contributed by atoms with Gasteiger partial charge in [0.05, 0.1) is 30.7 Å². The van der Waals surface area contributed by atoms with Gasteiger partial charge in [-0.1, -0.05) is 37.8 Å². The van der Waals surface area contributed by atoms with Crippen LogP contribution >= 0.6 is 11.3 Å². The molecular weight excluding hydrogens is 398 g/mol. The number of methoxy groups -OCH3 is 1. The van der Waals surface area contributed by atoms with E-state index in [1.54, 1.807) is 23.1 Å². The van der Waals surface area contributed by atoms with Crippen LogP contribution < -0.4 is 0 Å². The molecule has 0 saturated carbocycles. The zero-order chi connectivity index (χ0) is 21.9. The minimum absolute atomic E-state index is 0.0405. The largest absolute Gasteiger partial charge is 0.465 e. The van der Waals surface area contributed by atoms with Crippen LogP contribution in [0.15, 0.2) is 24.3 Å². The van der Waals surface area contributed by atoms with Crippen LogP contribution in [-0.4, -0.2) is 47.7 Å². The van der Waals surface area contributed by atoms with Crippen LogP contribution in [0, 0.1) is 29.6 Å². The van der Waals surface area contributed by atoms with Gasteiger partial charge in [-0.15, -0.1) is 23.2 Å². The molecule has 5 nitrogen and oxygen atoms in total. The molecule has 2 heterocycles. The number of hydrogen-bond acceptors (Lipinski definition) is 5. The highest BCUT2D eigenvalue weighted by atomic mass is 32.1. The highest BCUT2D eigenvalue weighted by molar-refractivity contribution is 7.14. The smallest absolute Gasteiger partial charge is 0.348 e. The third-order valence-corrected chi connectivity index (χ3v) is 5.85. The Balaban J connectivity index is 1.93. The fourth-order valence-electron chi connectivity index (χ4n) is 2.99. The minimum Gasteiger partial charge on any atom is -0.465 e. The summed E-state index contributed by atoms with van der Waals surface area (Å²) in [4.78, 5) is 26.7. The van der Waals surface area contributed by atoms with Crippen molar-refractivity contribution < 1.29 is 19.4 Å². The summed E-state index contributed by atoms with van der Waals surface area (Å²) in [5.74, 6) is 12.0. The van der Waals surface area contributed by atoms with E-state index >= 15 is 0 Å². The first kappa shape index (κ1) is 23.7. The van der Waals surface area contributed by atoms with Crippen LogP contribution in [0.3, 0.4) is 0 Å². The third-order valence-electron chi connectivity index (χ3n) is 4.87. The van der Waals surface area contributed by atoms with E-state index in [1.807, 2.05) is 13.0 Å². The topological polar surface area (TPSA) is 66.8 Å². The molecule has 1 aliphatic heterocycles. The Bertz CT molecular complexity index is 880. The molecule has 1 saturated heterocycles. The van der Waals surface area contributed by atoms with Gasteiger partial charge in [-0.05, 0) is 30.9 Å². The van der Waals surface area contributed by atoms with E-state index in [-0.39, 0.29) is 23.8 Å². The van der Waals surface area contributed by atoms with Crippen molar-refractivity contribution in [3.63, 3.8) is 0 Å². The van der Waals surface area contributed by atoms with E-state index in [0.29, 0.717) is 24.3 Å². The van der Waals surface area contributed by atoms with E-state index in [4.69, 9.17) is 4.74 Å². The Morgan fingerprint density at radius 3 is 2.93 bits per heavy atom. The summed E-state index contributed by atoms with van der Waals surface area (Å²) in [7, 11) is 1.34. The predicted octanol–water partition coefficient (Wildman–Crippen LogP) is 3.62. The maximum Gasteiger partial charge on any atom is 0.348 e. The Morgan fingerprint density at radius 2 is 2.20 bits per heavy atom. The number of thiophene rings is 1. The molecule has 1 aromatic heterocycles. The molecular formula is C24H29NO4S. The van der Waals surface area contributed by atoms with Crippen molar-refractivity contribution in [3.8, 4) is 23.7 Å². The summed E-state index contributed by atoms with van der Waals surface area (Å²) < 4.78 is 4.69. The lowest BCUT2D eigenvalue weighted by Crippen LogP contribution is -2.32. The molecule has 0 aliphatic carbocycles. The summed E-state index contributed by atoms with van der Waals surface area (Å²) in [6.45, 7) is 4.38. The average Bonchev–Trinajstić information content (AvgIpc) is 3.36. The highest BCUT2D eigenvalue weighted by Crippen LogP contribution is 2.21. The average molecular weight is 428 g/mol. The van der Waals surface area contributed by atoms with Crippen LogP contribution in [0.4, 0.5) is 0 Å². The molecule has 0 radical (unpaired) electrons. The number of unbranched alkanes of at least 4 members (excludes halogenated alkanes) is 1. The molecule has 2 rings (SSSR count). The molecule has 160 valence electrons. The molecule has 3 atom stereocenters. The number of likely N-dealkylation sites (tertiary alicyclic amines) is 1. The van der Waals surface area contributed by atoms with Crippen molar-refractivity contribution in [2.24, 2.45) is 5.92 Å². The molecule has 1 aliphatic rings. The molecule has 1 aromatic rings. The molecule has 1 fully saturated rings. The number of esters is 1. The molecule has 0 aromatic carbocycles. The second kappa shape index (κ2) is 12.2.